The SMILES string of the molecule is CCCCC(Br)Cc1cccc2c1C1(c3ccccc3-c3ccc(CC)cc31)c1cc(Br)ccc1-2. The van der Waals surface area contributed by atoms with E-state index in [1.165, 1.54) is 74.9 Å². The van der Waals surface area contributed by atoms with Crippen LogP contribution >= 0.6 is 31.9 Å². The van der Waals surface area contributed by atoms with Crippen LogP contribution in [-0.4, -0.2) is 4.83 Å². The Labute approximate surface area is 226 Å². The predicted octanol–water partition coefficient (Wildman–Crippen LogP) is 9.85. The third-order valence-corrected chi connectivity index (χ3v) is 9.31. The van der Waals surface area contributed by atoms with Gasteiger partial charge in [0.25, 0.3) is 0 Å². The summed E-state index contributed by atoms with van der Waals surface area (Å²) in [6.07, 6.45) is 5.79. The van der Waals surface area contributed by atoms with Crippen LogP contribution in [-0.2, 0) is 18.3 Å². The van der Waals surface area contributed by atoms with Crippen molar-refractivity contribution < 1.29 is 0 Å². The van der Waals surface area contributed by atoms with E-state index in [1.54, 1.807) is 0 Å². The maximum Gasteiger partial charge on any atom is 0.0728 e. The number of aryl methyl sites for hydroxylation is 1. The first kappa shape index (κ1) is 23.3. The number of benzene rings is 4. The van der Waals surface area contributed by atoms with Crippen molar-refractivity contribution in [3.05, 3.63) is 117 Å². The molecule has 0 aromatic heterocycles. The lowest BCUT2D eigenvalue weighted by molar-refractivity contribution is 0.679. The number of fused-ring (bicyclic) bond motifs is 10. The van der Waals surface area contributed by atoms with Crippen LogP contribution < -0.4 is 0 Å². The van der Waals surface area contributed by atoms with Gasteiger partial charge in [0, 0.05) is 9.30 Å². The van der Waals surface area contributed by atoms with Crippen molar-refractivity contribution in [3.8, 4) is 22.3 Å². The topological polar surface area (TPSA) is 0 Å². The third-order valence-electron chi connectivity index (χ3n) is 8.03. The van der Waals surface area contributed by atoms with E-state index in [2.05, 4.69) is 125 Å². The van der Waals surface area contributed by atoms with Crippen LogP contribution in [0.25, 0.3) is 22.3 Å². The zero-order chi connectivity index (χ0) is 24.2. The molecule has 4 aromatic carbocycles. The number of hydrogen-bond acceptors (Lipinski definition) is 0. The van der Waals surface area contributed by atoms with Gasteiger partial charge in [-0.05, 0) is 87.0 Å². The van der Waals surface area contributed by atoms with Gasteiger partial charge in [0.1, 0.15) is 0 Å². The maximum atomic E-state index is 4.05. The van der Waals surface area contributed by atoms with Gasteiger partial charge in [0.15, 0.2) is 0 Å². The van der Waals surface area contributed by atoms with Crippen LogP contribution in [0, 0.1) is 0 Å². The smallest absolute Gasteiger partial charge is 0.0728 e. The third kappa shape index (κ3) is 3.44. The van der Waals surface area contributed by atoms with E-state index in [0.29, 0.717) is 4.83 Å². The molecule has 0 aliphatic heterocycles. The molecule has 176 valence electrons. The van der Waals surface area contributed by atoms with E-state index >= 15 is 0 Å². The Balaban J connectivity index is 1.71. The second kappa shape index (κ2) is 9.05. The Hall–Kier alpha value is -2.16. The van der Waals surface area contributed by atoms with E-state index in [9.17, 15) is 0 Å². The molecule has 0 N–H and O–H groups in total. The summed E-state index contributed by atoms with van der Waals surface area (Å²) >= 11 is 7.87. The molecule has 1 spiro atoms. The number of hydrogen-bond donors (Lipinski definition) is 0. The summed E-state index contributed by atoms with van der Waals surface area (Å²) in [5, 5.41) is 0. The molecule has 0 fully saturated rings. The predicted molar refractivity (Wildman–Crippen MR) is 156 cm³/mol. The first-order valence-corrected chi connectivity index (χ1v) is 14.6. The lowest BCUT2D eigenvalue weighted by Crippen LogP contribution is -2.28. The second-order valence-corrected chi connectivity index (χ2v) is 12.2. The summed E-state index contributed by atoms with van der Waals surface area (Å²) < 4.78 is 1.14. The molecule has 2 heteroatoms. The summed E-state index contributed by atoms with van der Waals surface area (Å²) in [5.74, 6) is 0. The largest absolute Gasteiger partial charge is 0.0887 e. The Bertz CT molecular complexity index is 1430. The summed E-state index contributed by atoms with van der Waals surface area (Å²) in [4.78, 5) is 0.486. The molecule has 2 unspecified atom stereocenters. The quantitative estimate of drug-likeness (QED) is 0.171. The molecule has 0 heterocycles. The highest BCUT2D eigenvalue weighted by Crippen LogP contribution is 2.64. The molecule has 2 aliphatic rings. The lowest BCUT2D eigenvalue weighted by atomic mass is 9.68. The zero-order valence-corrected chi connectivity index (χ0v) is 23.5. The van der Waals surface area contributed by atoms with Crippen LogP contribution in [0.5, 0.6) is 0 Å². The van der Waals surface area contributed by atoms with Crippen LogP contribution in [0.3, 0.4) is 0 Å². The highest BCUT2D eigenvalue weighted by atomic mass is 79.9. The second-order valence-electron chi connectivity index (χ2n) is 10.0. The molecule has 0 radical (unpaired) electrons. The normalized spacial score (nSPS) is 17.7. The van der Waals surface area contributed by atoms with Crippen LogP contribution in [0.2, 0.25) is 0 Å². The number of alkyl halides is 1. The van der Waals surface area contributed by atoms with Gasteiger partial charge in [0.2, 0.25) is 0 Å². The molecular weight excluding hydrogens is 556 g/mol. The average molecular weight is 586 g/mol. The highest BCUT2D eigenvalue weighted by molar-refractivity contribution is 9.10. The van der Waals surface area contributed by atoms with Crippen molar-refractivity contribution in [2.24, 2.45) is 0 Å². The van der Waals surface area contributed by atoms with Gasteiger partial charge in [-0.25, -0.2) is 0 Å². The molecule has 6 rings (SSSR count). The molecule has 4 aromatic rings. The minimum absolute atomic E-state index is 0.278. The molecule has 0 amide bonds. The van der Waals surface area contributed by atoms with Gasteiger partial charge < -0.3 is 0 Å². The molecule has 35 heavy (non-hydrogen) atoms. The standard InChI is InChI=1S/C33H30Br2/c1-3-5-10-23(34)19-22-9-8-12-28-27-17-15-24(35)20-31(27)33(32(22)28)29-13-7-6-11-25(29)26-16-14-21(4-2)18-30(26)33/h6-9,11-18,20,23H,3-5,10,19H2,1-2H3. The van der Waals surface area contributed by atoms with Crippen LogP contribution in [0.15, 0.2) is 83.3 Å². The fourth-order valence-corrected chi connectivity index (χ4v) is 7.54. The van der Waals surface area contributed by atoms with Crippen molar-refractivity contribution in [2.75, 3.05) is 0 Å². The fourth-order valence-electron chi connectivity index (χ4n) is 6.51. The van der Waals surface area contributed by atoms with Crippen LogP contribution in [0.1, 0.15) is 66.5 Å². The maximum absolute atomic E-state index is 4.05. The average Bonchev–Trinajstić information content (AvgIpc) is 3.34. The molecule has 0 nitrogen and oxygen atoms in total. The molecule has 0 saturated heterocycles. The van der Waals surface area contributed by atoms with E-state index in [1.807, 2.05) is 0 Å². The van der Waals surface area contributed by atoms with Crippen LogP contribution in [0.4, 0.5) is 0 Å². The van der Waals surface area contributed by atoms with Crippen molar-refractivity contribution in [1.82, 2.24) is 0 Å². The van der Waals surface area contributed by atoms with Crippen molar-refractivity contribution in [1.29, 1.82) is 0 Å². The molecule has 2 aliphatic carbocycles. The summed E-state index contributed by atoms with van der Waals surface area (Å²) in [5.41, 5.74) is 13.9. The summed E-state index contributed by atoms with van der Waals surface area (Å²) in [6, 6.07) is 30.2. The summed E-state index contributed by atoms with van der Waals surface area (Å²) in [6.45, 7) is 4.54. The Morgan fingerprint density at radius 3 is 2.29 bits per heavy atom. The van der Waals surface area contributed by atoms with E-state index in [-0.39, 0.29) is 5.41 Å². The van der Waals surface area contributed by atoms with E-state index in [4.69, 9.17) is 0 Å². The molecular formula is C33H30Br2. The molecule has 2 atom stereocenters. The van der Waals surface area contributed by atoms with Gasteiger partial charge in [-0.1, -0.05) is 125 Å². The van der Waals surface area contributed by atoms with Gasteiger partial charge in [-0.15, -0.1) is 0 Å². The summed E-state index contributed by atoms with van der Waals surface area (Å²) in [7, 11) is 0. The molecule has 0 bridgehead atoms. The minimum atomic E-state index is -0.278. The van der Waals surface area contributed by atoms with Gasteiger partial charge in [-0.3, -0.25) is 0 Å². The first-order chi connectivity index (χ1) is 17.1. The monoisotopic (exact) mass is 584 g/mol. The van der Waals surface area contributed by atoms with Gasteiger partial charge in [-0.2, -0.15) is 0 Å². The Morgan fingerprint density at radius 1 is 0.743 bits per heavy atom. The Morgan fingerprint density at radius 2 is 1.46 bits per heavy atom. The van der Waals surface area contributed by atoms with Gasteiger partial charge >= 0.3 is 0 Å². The highest BCUT2D eigenvalue weighted by Gasteiger charge is 2.52. The lowest BCUT2D eigenvalue weighted by Gasteiger charge is -2.33. The Kier molecular flexibility index (Phi) is 6.01. The number of rotatable bonds is 6. The van der Waals surface area contributed by atoms with E-state index in [0.717, 1.165) is 17.3 Å². The first-order valence-electron chi connectivity index (χ1n) is 12.9. The van der Waals surface area contributed by atoms with Crippen molar-refractivity contribution in [3.63, 3.8) is 0 Å². The minimum Gasteiger partial charge on any atom is -0.0887 e. The van der Waals surface area contributed by atoms with Gasteiger partial charge in [0.05, 0.1) is 5.41 Å². The number of halogens is 2. The zero-order valence-electron chi connectivity index (χ0n) is 20.4. The fraction of sp³-hybridized carbons (Fsp3) is 0.273. The number of unbranched alkanes of at least 4 members (excludes halogenated alkanes) is 1. The molecule has 0 saturated carbocycles. The van der Waals surface area contributed by atoms with Crippen molar-refractivity contribution >= 4 is 31.9 Å². The van der Waals surface area contributed by atoms with E-state index < -0.39 is 0 Å². The van der Waals surface area contributed by atoms with Crippen molar-refractivity contribution in [2.45, 2.75) is 56.2 Å².